The minimum Gasteiger partial charge on any atom is -0.382 e. The van der Waals surface area contributed by atoms with Crippen molar-refractivity contribution in [1.82, 2.24) is 0 Å². The molecule has 1 saturated carbocycles. The lowest BCUT2D eigenvalue weighted by Gasteiger charge is -2.27. The zero-order chi connectivity index (χ0) is 13.9. The van der Waals surface area contributed by atoms with Gasteiger partial charge in [0.15, 0.2) is 0 Å². The molecule has 6 heteroatoms. The first-order chi connectivity index (χ1) is 8.92. The second-order valence-electron chi connectivity index (χ2n) is 5.26. The van der Waals surface area contributed by atoms with E-state index < -0.39 is 10.0 Å². The summed E-state index contributed by atoms with van der Waals surface area (Å²) >= 11 is 0. The van der Waals surface area contributed by atoms with Crippen LogP contribution in [0.2, 0.25) is 0 Å². The molecular formula is C13H21N3O2S. The van der Waals surface area contributed by atoms with Crippen LogP contribution < -0.4 is 16.2 Å². The Hall–Kier alpha value is -1.11. The fourth-order valence-corrected chi connectivity index (χ4v) is 3.09. The molecule has 2 rings (SSSR count). The van der Waals surface area contributed by atoms with Gasteiger partial charge in [-0.1, -0.05) is 12.1 Å². The number of nitrogens with two attached hydrogens (primary N) is 2. The molecule has 0 amide bonds. The van der Waals surface area contributed by atoms with E-state index in [1.165, 1.54) is 0 Å². The molecule has 0 radical (unpaired) electrons. The van der Waals surface area contributed by atoms with Gasteiger partial charge in [-0.2, -0.15) is 0 Å². The third kappa shape index (κ3) is 4.81. The Morgan fingerprint density at radius 3 is 2.21 bits per heavy atom. The number of sulfonamides is 1. The van der Waals surface area contributed by atoms with E-state index in [-0.39, 0.29) is 5.75 Å². The van der Waals surface area contributed by atoms with E-state index >= 15 is 0 Å². The van der Waals surface area contributed by atoms with E-state index in [0.717, 1.165) is 31.4 Å². The maximum absolute atomic E-state index is 11.0. The Labute approximate surface area is 114 Å². The maximum atomic E-state index is 11.0. The summed E-state index contributed by atoms with van der Waals surface area (Å²) in [5.74, 6) is -0.119. The monoisotopic (exact) mass is 283 g/mol. The minimum absolute atomic E-state index is 0.119. The van der Waals surface area contributed by atoms with Gasteiger partial charge < -0.3 is 11.1 Å². The maximum Gasteiger partial charge on any atom is 0.213 e. The summed E-state index contributed by atoms with van der Waals surface area (Å²) in [6.45, 7) is 0. The molecule has 0 aliphatic heterocycles. The zero-order valence-electron chi connectivity index (χ0n) is 10.9. The molecule has 0 unspecified atom stereocenters. The molecule has 19 heavy (non-hydrogen) atoms. The number of rotatable bonds is 4. The third-order valence-corrected chi connectivity index (χ3v) is 4.20. The number of nitrogens with one attached hydrogen (secondary N) is 1. The van der Waals surface area contributed by atoms with Crippen LogP contribution >= 0.6 is 0 Å². The lowest BCUT2D eigenvalue weighted by molar-refractivity contribution is 0.411. The van der Waals surface area contributed by atoms with Crippen molar-refractivity contribution in [2.75, 3.05) is 5.32 Å². The van der Waals surface area contributed by atoms with Gasteiger partial charge in [-0.15, -0.1) is 0 Å². The third-order valence-electron chi connectivity index (χ3n) is 3.46. The van der Waals surface area contributed by atoms with E-state index in [0.29, 0.717) is 17.6 Å². The summed E-state index contributed by atoms with van der Waals surface area (Å²) in [4.78, 5) is 0. The van der Waals surface area contributed by atoms with Gasteiger partial charge in [0.25, 0.3) is 0 Å². The largest absolute Gasteiger partial charge is 0.382 e. The smallest absolute Gasteiger partial charge is 0.213 e. The van der Waals surface area contributed by atoms with Crippen molar-refractivity contribution in [1.29, 1.82) is 0 Å². The Bertz CT molecular complexity index is 505. The van der Waals surface area contributed by atoms with Crippen LogP contribution in [0.5, 0.6) is 0 Å². The van der Waals surface area contributed by atoms with Crippen LogP contribution in [-0.4, -0.2) is 20.5 Å². The number of benzene rings is 1. The highest BCUT2D eigenvalue weighted by Crippen LogP contribution is 2.21. The fraction of sp³-hybridized carbons (Fsp3) is 0.538. The van der Waals surface area contributed by atoms with Crippen molar-refractivity contribution in [3.8, 4) is 0 Å². The van der Waals surface area contributed by atoms with Crippen molar-refractivity contribution in [3.05, 3.63) is 29.8 Å². The normalized spacial score (nSPS) is 24.1. The molecule has 1 fully saturated rings. The van der Waals surface area contributed by atoms with Crippen molar-refractivity contribution in [3.63, 3.8) is 0 Å². The highest BCUT2D eigenvalue weighted by Gasteiger charge is 2.18. The Balaban J connectivity index is 1.92. The van der Waals surface area contributed by atoms with Gasteiger partial charge in [0.05, 0.1) is 5.75 Å². The first-order valence-electron chi connectivity index (χ1n) is 6.54. The second-order valence-corrected chi connectivity index (χ2v) is 6.87. The molecule has 5 nitrogen and oxygen atoms in total. The molecule has 1 aliphatic rings. The highest BCUT2D eigenvalue weighted by atomic mass is 32.2. The summed E-state index contributed by atoms with van der Waals surface area (Å²) in [5, 5.41) is 8.47. The van der Waals surface area contributed by atoms with Crippen LogP contribution in [0.25, 0.3) is 0 Å². The van der Waals surface area contributed by atoms with Crippen LogP contribution in [-0.2, 0) is 15.8 Å². The van der Waals surface area contributed by atoms with E-state index in [1.807, 2.05) is 12.1 Å². The molecular weight excluding hydrogens is 262 g/mol. The van der Waals surface area contributed by atoms with Gasteiger partial charge in [0, 0.05) is 17.8 Å². The van der Waals surface area contributed by atoms with E-state index in [9.17, 15) is 8.42 Å². The summed E-state index contributed by atoms with van der Waals surface area (Å²) in [7, 11) is -3.46. The summed E-state index contributed by atoms with van der Waals surface area (Å²) < 4.78 is 22.0. The predicted molar refractivity (Wildman–Crippen MR) is 77.1 cm³/mol. The zero-order valence-corrected chi connectivity index (χ0v) is 11.7. The van der Waals surface area contributed by atoms with Gasteiger partial charge in [-0.05, 0) is 43.4 Å². The Morgan fingerprint density at radius 1 is 1.11 bits per heavy atom. The molecule has 106 valence electrons. The van der Waals surface area contributed by atoms with E-state index in [2.05, 4.69) is 5.32 Å². The highest BCUT2D eigenvalue weighted by molar-refractivity contribution is 7.88. The SMILES string of the molecule is NC1CCC(Nc2ccc(CS(N)(=O)=O)cc2)CC1. The first kappa shape index (κ1) is 14.3. The quantitative estimate of drug-likeness (QED) is 0.772. The molecule has 1 aromatic carbocycles. The van der Waals surface area contributed by atoms with Crippen molar-refractivity contribution >= 4 is 15.7 Å². The van der Waals surface area contributed by atoms with Gasteiger partial charge in [-0.25, -0.2) is 13.6 Å². The van der Waals surface area contributed by atoms with Crippen molar-refractivity contribution in [2.45, 2.75) is 43.5 Å². The number of hydrogen-bond donors (Lipinski definition) is 3. The lowest BCUT2D eigenvalue weighted by atomic mass is 9.91. The number of primary sulfonamides is 1. The van der Waals surface area contributed by atoms with Crippen LogP contribution in [0.15, 0.2) is 24.3 Å². The van der Waals surface area contributed by atoms with Gasteiger partial charge in [-0.3, -0.25) is 0 Å². The fourth-order valence-electron chi connectivity index (χ4n) is 2.43. The number of hydrogen-bond acceptors (Lipinski definition) is 4. The average Bonchev–Trinajstić information content (AvgIpc) is 2.33. The van der Waals surface area contributed by atoms with Gasteiger partial charge >= 0.3 is 0 Å². The molecule has 5 N–H and O–H groups in total. The van der Waals surface area contributed by atoms with E-state index in [4.69, 9.17) is 10.9 Å². The summed E-state index contributed by atoms with van der Waals surface area (Å²) in [5.41, 5.74) is 7.59. The second kappa shape index (κ2) is 5.90. The summed E-state index contributed by atoms with van der Waals surface area (Å²) in [6.07, 6.45) is 4.28. The van der Waals surface area contributed by atoms with Crippen LogP contribution in [0.4, 0.5) is 5.69 Å². The van der Waals surface area contributed by atoms with Gasteiger partial charge in [0.2, 0.25) is 10.0 Å². The predicted octanol–water partition coefficient (Wildman–Crippen LogP) is 1.16. The van der Waals surface area contributed by atoms with Crippen LogP contribution in [0.1, 0.15) is 31.2 Å². The van der Waals surface area contributed by atoms with Crippen LogP contribution in [0, 0.1) is 0 Å². The lowest BCUT2D eigenvalue weighted by Crippen LogP contribution is -2.32. The molecule has 0 bridgehead atoms. The molecule has 0 spiro atoms. The van der Waals surface area contributed by atoms with E-state index in [1.54, 1.807) is 12.1 Å². The minimum atomic E-state index is -3.46. The Morgan fingerprint density at radius 2 is 1.68 bits per heavy atom. The molecule has 0 heterocycles. The topological polar surface area (TPSA) is 98.2 Å². The summed E-state index contributed by atoms with van der Waals surface area (Å²) in [6, 6.07) is 8.19. The van der Waals surface area contributed by atoms with Crippen LogP contribution in [0.3, 0.4) is 0 Å². The molecule has 0 saturated heterocycles. The Kier molecular flexibility index (Phi) is 4.44. The molecule has 1 aliphatic carbocycles. The molecule has 0 aromatic heterocycles. The molecule has 1 aromatic rings. The van der Waals surface area contributed by atoms with Gasteiger partial charge in [0.1, 0.15) is 0 Å². The first-order valence-corrected chi connectivity index (χ1v) is 8.25. The van der Waals surface area contributed by atoms with Crippen molar-refractivity contribution in [2.24, 2.45) is 10.9 Å². The van der Waals surface area contributed by atoms with Crippen molar-refractivity contribution < 1.29 is 8.42 Å². The number of anilines is 1. The average molecular weight is 283 g/mol. The standard InChI is InChI=1S/C13H21N3O2S/c14-11-3-7-13(8-4-11)16-12-5-1-10(2-6-12)9-19(15,17)18/h1-2,5-6,11,13,16H,3-4,7-9,14H2,(H2,15,17,18). The molecule has 0 atom stereocenters.